The number of aliphatic hydroxyl groups is 1. The van der Waals surface area contributed by atoms with Gasteiger partial charge in [-0.1, -0.05) is 19.3 Å². The third-order valence-corrected chi connectivity index (χ3v) is 3.67. The van der Waals surface area contributed by atoms with Crippen molar-refractivity contribution in [3.05, 3.63) is 0 Å². The molecule has 0 heterocycles. The molecule has 0 aromatic heterocycles. The lowest BCUT2D eigenvalue weighted by atomic mass is 9.82. The maximum Gasteiger partial charge on any atom is 0.224 e. The van der Waals surface area contributed by atoms with Crippen LogP contribution in [0.5, 0.6) is 0 Å². The Bertz CT molecular complexity index is 320. The average molecular weight is 256 g/mol. The number of hydrogen-bond acceptors (Lipinski definition) is 3. The fourth-order valence-electron chi connectivity index (χ4n) is 2.15. The zero-order valence-corrected chi connectivity index (χ0v) is 11.3. The molecule has 5 nitrogen and oxygen atoms in total. The van der Waals surface area contributed by atoms with E-state index >= 15 is 0 Å². The molecule has 0 spiro atoms. The SMILES string of the molecule is CC(C)(CNC(=O)CC1(O)CCCCC1)C(N)=O. The Labute approximate surface area is 108 Å². The largest absolute Gasteiger partial charge is 0.389 e. The van der Waals surface area contributed by atoms with E-state index in [0.29, 0.717) is 12.8 Å². The Morgan fingerprint density at radius 1 is 1.28 bits per heavy atom. The van der Waals surface area contributed by atoms with Gasteiger partial charge >= 0.3 is 0 Å². The van der Waals surface area contributed by atoms with Gasteiger partial charge in [-0.15, -0.1) is 0 Å². The molecule has 0 radical (unpaired) electrons. The molecule has 0 unspecified atom stereocenters. The lowest BCUT2D eigenvalue weighted by Crippen LogP contribution is -2.45. The number of carbonyl (C=O) groups is 2. The maximum absolute atomic E-state index is 11.8. The highest BCUT2D eigenvalue weighted by Crippen LogP contribution is 2.30. The summed E-state index contributed by atoms with van der Waals surface area (Å²) >= 11 is 0. The minimum Gasteiger partial charge on any atom is -0.389 e. The third kappa shape index (κ3) is 4.29. The van der Waals surface area contributed by atoms with E-state index < -0.39 is 16.9 Å². The summed E-state index contributed by atoms with van der Waals surface area (Å²) < 4.78 is 0. The summed E-state index contributed by atoms with van der Waals surface area (Å²) in [5.74, 6) is -0.659. The quantitative estimate of drug-likeness (QED) is 0.676. The van der Waals surface area contributed by atoms with Crippen LogP contribution in [0.4, 0.5) is 0 Å². The van der Waals surface area contributed by atoms with Gasteiger partial charge in [0.15, 0.2) is 0 Å². The lowest BCUT2D eigenvalue weighted by molar-refractivity contribution is -0.129. The van der Waals surface area contributed by atoms with Crippen molar-refractivity contribution >= 4 is 11.8 Å². The molecule has 2 amide bonds. The number of rotatable bonds is 5. The number of carbonyl (C=O) groups excluding carboxylic acids is 2. The van der Waals surface area contributed by atoms with Crippen molar-refractivity contribution in [1.82, 2.24) is 5.32 Å². The normalized spacial score (nSPS) is 19.3. The summed E-state index contributed by atoms with van der Waals surface area (Å²) in [6.07, 6.45) is 4.53. The van der Waals surface area contributed by atoms with Crippen LogP contribution in [-0.4, -0.2) is 29.1 Å². The molecular weight excluding hydrogens is 232 g/mol. The second-order valence-electron chi connectivity index (χ2n) is 5.99. The maximum atomic E-state index is 11.8. The molecule has 5 heteroatoms. The molecule has 0 aliphatic heterocycles. The van der Waals surface area contributed by atoms with Gasteiger partial charge in [-0.25, -0.2) is 0 Å². The number of primary amides is 1. The third-order valence-electron chi connectivity index (χ3n) is 3.67. The Morgan fingerprint density at radius 2 is 1.83 bits per heavy atom. The second kappa shape index (κ2) is 5.69. The summed E-state index contributed by atoms with van der Waals surface area (Å²) in [5, 5.41) is 12.9. The van der Waals surface area contributed by atoms with Crippen molar-refractivity contribution in [2.45, 2.75) is 58.0 Å². The van der Waals surface area contributed by atoms with Crippen LogP contribution >= 0.6 is 0 Å². The fourth-order valence-corrected chi connectivity index (χ4v) is 2.15. The van der Waals surface area contributed by atoms with Crippen LogP contribution in [-0.2, 0) is 9.59 Å². The molecular formula is C13H24N2O3. The standard InChI is InChI=1S/C13H24N2O3/c1-12(2,11(14)17)9-15-10(16)8-13(18)6-4-3-5-7-13/h18H,3-9H2,1-2H3,(H2,14,17)(H,15,16). The van der Waals surface area contributed by atoms with Gasteiger partial charge in [-0.2, -0.15) is 0 Å². The van der Waals surface area contributed by atoms with Crippen molar-refractivity contribution in [2.24, 2.45) is 11.1 Å². The Kier molecular flexibility index (Phi) is 4.73. The first-order valence-corrected chi connectivity index (χ1v) is 6.54. The molecule has 1 fully saturated rings. The topological polar surface area (TPSA) is 92.4 Å². The Hall–Kier alpha value is -1.10. The summed E-state index contributed by atoms with van der Waals surface area (Å²) in [5.41, 5.74) is 3.61. The van der Waals surface area contributed by atoms with Crippen LogP contribution in [0.2, 0.25) is 0 Å². The highest BCUT2D eigenvalue weighted by Gasteiger charge is 2.32. The van der Waals surface area contributed by atoms with Gasteiger partial charge in [0.05, 0.1) is 17.4 Å². The molecule has 1 aliphatic rings. The molecule has 1 rings (SSSR count). The molecule has 1 saturated carbocycles. The summed E-state index contributed by atoms with van der Waals surface area (Å²) in [4.78, 5) is 22.9. The van der Waals surface area contributed by atoms with E-state index in [9.17, 15) is 14.7 Å². The Balaban J connectivity index is 2.40. The van der Waals surface area contributed by atoms with Gasteiger partial charge in [0, 0.05) is 6.54 Å². The fraction of sp³-hybridized carbons (Fsp3) is 0.846. The van der Waals surface area contributed by atoms with Crippen LogP contribution in [0.25, 0.3) is 0 Å². The van der Waals surface area contributed by atoms with E-state index in [4.69, 9.17) is 5.73 Å². The van der Waals surface area contributed by atoms with Crippen LogP contribution < -0.4 is 11.1 Å². The monoisotopic (exact) mass is 256 g/mol. The van der Waals surface area contributed by atoms with Gasteiger partial charge in [-0.3, -0.25) is 9.59 Å². The zero-order valence-electron chi connectivity index (χ0n) is 11.3. The molecule has 0 aromatic rings. The zero-order chi connectivity index (χ0) is 13.8. The highest BCUT2D eigenvalue weighted by molar-refractivity contribution is 5.82. The minimum atomic E-state index is -0.862. The van der Waals surface area contributed by atoms with Gasteiger partial charge in [0.1, 0.15) is 0 Å². The summed E-state index contributed by atoms with van der Waals surface area (Å²) in [7, 11) is 0. The first-order chi connectivity index (χ1) is 8.25. The van der Waals surface area contributed by atoms with Crippen molar-refractivity contribution in [3.8, 4) is 0 Å². The van der Waals surface area contributed by atoms with E-state index in [-0.39, 0.29) is 18.9 Å². The number of nitrogens with one attached hydrogen (secondary N) is 1. The summed E-state index contributed by atoms with van der Waals surface area (Å²) in [6.45, 7) is 3.58. The highest BCUT2D eigenvalue weighted by atomic mass is 16.3. The molecule has 104 valence electrons. The van der Waals surface area contributed by atoms with Crippen LogP contribution in [0.15, 0.2) is 0 Å². The van der Waals surface area contributed by atoms with Crippen molar-refractivity contribution in [2.75, 3.05) is 6.54 Å². The predicted molar refractivity (Wildman–Crippen MR) is 68.6 cm³/mol. The van der Waals surface area contributed by atoms with Crippen LogP contribution in [0, 0.1) is 5.41 Å². The van der Waals surface area contributed by atoms with Gasteiger partial charge in [-0.05, 0) is 26.7 Å². The first kappa shape index (κ1) is 15.0. The van der Waals surface area contributed by atoms with E-state index in [1.54, 1.807) is 13.8 Å². The summed E-state index contributed by atoms with van der Waals surface area (Å²) in [6, 6.07) is 0. The number of nitrogens with two attached hydrogens (primary N) is 1. The van der Waals surface area contributed by atoms with Crippen LogP contribution in [0.3, 0.4) is 0 Å². The van der Waals surface area contributed by atoms with Crippen molar-refractivity contribution in [1.29, 1.82) is 0 Å². The molecule has 18 heavy (non-hydrogen) atoms. The molecule has 0 bridgehead atoms. The van der Waals surface area contributed by atoms with Gasteiger partial charge < -0.3 is 16.2 Å². The number of hydrogen-bond donors (Lipinski definition) is 3. The lowest BCUT2D eigenvalue weighted by Gasteiger charge is -2.31. The predicted octanol–water partition coefficient (Wildman–Crippen LogP) is 0.699. The molecule has 0 saturated heterocycles. The van der Waals surface area contributed by atoms with E-state index in [1.807, 2.05) is 0 Å². The first-order valence-electron chi connectivity index (χ1n) is 6.54. The van der Waals surface area contributed by atoms with Gasteiger partial charge in [0.25, 0.3) is 0 Å². The van der Waals surface area contributed by atoms with E-state index in [0.717, 1.165) is 19.3 Å². The Morgan fingerprint density at radius 3 is 2.33 bits per heavy atom. The van der Waals surface area contributed by atoms with E-state index in [2.05, 4.69) is 5.32 Å². The van der Waals surface area contributed by atoms with Crippen molar-refractivity contribution < 1.29 is 14.7 Å². The smallest absolute Gasteiger partial charge is 0.224 e. The molecule has 1 aliphatic carbocycles. The molecule has 4 N–H and O–H groups in total. The van der Waals surface area contributed by atoms with Gasteiger partial charge in [0.2, 0.25) is 11.8 Å². The molecule has 0 atom stereocenters. The van der Waals surface area contributed by atoms with E-state index in [1.165, 1.54) is 0 Å². The molecule has 0 aromatic carbocycles. The second-order valence-corrected chi connectivity index (χ2v) is 5.99. The average Bonchev–Trinajstić information content (AvgIpc) is 2.26. The van der Waals surface area contributed by atoms with Crippen LogP contribution in [0.1, 0.15) is 52.4 Å². The number of amides is 2. The van der Waals surface area contributed by atoms with Crippen molar-refractivity contribution in [3.63, 3.8) is 0 Å². The minimum absolute atomic E-state index is 0.113.